The summed E-state index contributed by atoms with van der Waals surface area (Å²) in [6, 6.07) is 2.65. The maximum absolute atomic E-state index is 4.27. The highest BCUT2D eigenvalue weighted by atomic mass is 15.3. The average Bonchev–Trinajstić information content (AvgIpc) is 2.85. The zero-order valence-corrected chi connectivity index (χ0v) is 9.74. The third-order valence-electron chi connectivity index (χ3n) is 3.47. The van der Waals surface area contributed by atoms with Crippen molar-refractivity contribution in [3.05, 3.63) is 18.0 Å². The van der Waals surface area contributed by atoms with Gasteiger partial charge in [0.15, 0.2) is 0 Å². The summed E-state index contributed by atoms with van der Waals surface area (Å²) in [6.07, 6.45) is 7.41. The molecule has 15 heavy (non-hydrogen) atoms. The van der Waals surface area contributed by atoms with Crippen LogP contribution in [0.2, 0.25) is 0 Å². The Balaban J connectivity index is 2.15. The molecule has 1 aromatic heterocycles. The summed E-state index contributed by atoms with van der Waals surface area (Å²) < 4.78 is 2.01. The summed E-state index contributed by atoms with van der Waals surface area (Å²) in [5.74, 6) is 0.806. The Morgan fingerprint density at radius 2 is 2.27 bits per heavy atom. The van der Waals surface area contributed by atoms with Crippen molar-refractivity contribution in [1.82, 2.24) is 15.1 Å². The van der Waals surface area contributed by atoms with Gasteiger partial charge in [0.05, 0.1) is 11.7 Å². The summed E-state index contributed by atoms with van der Waals surface area (Å²) >= 11 is 0. The quantitative estimate of drug-likeness (QED) is 0.820. The number of hydrogen-bond acceptors (Lipinski definition) is 2. The largest absolute Gasteiger partial charge is 0.309 e. The van der Waals surface area contributed by atoms with Crippen LogP contribution in [0.4, 0.5) is 0 Å². The first-order chi connectivity index (χ1) is 7.33. The summed E-state index contributed by atoms with van der Waals surface area (Å²) in [4.78, 5) is 0. The van der Waals surface area contributed by atoms with E-state index in [1.54, 1.807) is 0 Å². The molecule has 1 fully saturated rings. The number of nitrogens with zero attached hydrogens (tertiary/aromatic N) is 2. The van der Waals surface area contributed by atoms with Crippen LogP contribution in [0, 0.1) is 5.92 Å². The molecule has 1 heterocycles. The van der Waals surface area contributed by atoms with Crippen molar-refractivity contribution in [3.8, 4) is 0 Å². The van der Waals surface area contributed by atoms with Crippen LogP contribution in [-0.2, 0) is 7.05 Å². The molecule has 0 amide bonds. The van der Waals surface area contributed by atoms with Crippen LogP contribution in [0.1, 0.15) is 44.3 Å². The molecule has 1 aliphatic carbocycles. The van der Waals surface area contributed by atoms with Crippen LogP contribution < -0.4 is 5.32 Å². The summed E-state index contributed by atoms with van der Waals surface area (Å²) in [5.41, 5.74) is 1.34. The van der Waals surface area contributed by atoms with E-state index >= 15 is 0 Å². The monoisotopic (exact) mass is 207 g/mol. The van der Waals surface area contributed by atoms with E-state index < -0.39 is 0 Å². The Kier molecular flexibility index (Phi) is 3.41. The summed E-state index contributed by atoms with van der Waals surface area (Å²) in [5, 5.41) is 7.87. The van der Waals surface area contributed by atoms with Crippen LogP contribution in [0.3, 0.4) is 0 Å². The minimum Gasteiger partial charge on any atom is -0.309 e. The second-order valence-electron chi connectivity index (χ2n) is 4.46. The predicted octanol–water partition coefficient (Wildman–Crippen LogP) is 2.26. The molecule has 0 spiro atoms. The van der Waals surface area contributed by atoms with Crippen molar-refractivity contribution in [1.29, 1.82) is 0 Å². The molecule has 1 N–H and O–H groups in total. The fourth-order valence-corrected chi connectivity index (χ4v) is 2.71. The lowest BCUT2D eigenvalue weighted by Crippen LogP contribution is -2.28. The van der Waals surface area contributed by atoms with E-state index in [9.17, 15) is 0 Å². The standard InChI is InChI=1S/C12H21N3/c1-3-13-12(10-6-4-5-7-10)11-8-9-14-15(11)2/h8-10,12-13H,3-7H2,1-2H3. The molecule has 0 saturated heterocycles. The molecule has 0 aliphatic heterocycles. The fourth-order valence-electron chi connectivity index (χ4n) is 2.71. The number of rotatable bonds is 4. The Morgan fingerprint density at radius 3 is 2.80 bits per heavy atom. The van der Waals surface area contributed by atoms with E-state index in [4.69, 9.17) is 0 Å². The van der Waals surface area contributed by atoms with Gasteiger partial charge < -0.3 is 5.32 Å². The van der Waals surface area contributed by atoms with E-state index in [2.05, 4.69) is 23.4 Å². The van der Waals surface area contributed by atoms with Crippen molar-refractivity contribution >= 4 is 0 Å². The van der Waals surface area contributed by atoms with Crippen molar-refractivity contribution in [3.63, 3.8) is 0 Å². The van der Waals surface area contributed by atoms with Crippen LogP contribution in [-0.4, -0.2) is 16.3 Å². The van der Waals surface area contributed by atoms with Gasteiger partial charge >= 0.3 is 0 Å². The maximum atomic E-state index is 4.27. The molecular weight excluding hydrogens is 186 g/mol. The zero-order valence-electron chi connectivity index (χ0n) is 9.74. The lowest BCUT2D eigenvalue weighted by atomic mass is 9.95. The van der Waals surface area contributed by atoms with E-state index in [-0.39, 0.29) is 0 Å². The summed E-state index contributed by atoms with van der Waals surface area (Å²) in [6.45, 7) is 3.21. The SMILES string of the molecule is CCNC(c1ccnn1C)C1CCCC1. The lowest BCUT2D eigenvalue weighted by molar-refractivity contribution is 0.356. The zero-order chi connectivity index (χ0) is 10.7. The third kappa shape index (κ3) is 2.23. The Labute approximate surface area is 91.9 Å². The Bertz CT molecular complexity index is 300. The van der Waals surface area contributed by atoms with Crippen molar-refractivity contribution in [2.24, 2.45) is 13.0 Å². The number of aryl methyl sites for hydroxylation is 1. The molecule has 1 aromatic rings. The van der Waals surface area contributed by atoms with Gasteiger partial charge in [0.1, 0.15) is 0 Å². The Hall–Kier alpha value is -0.830. The predicted molar refractivity (Wildman–Crippen MR) is 61.6 cm³/mol. The lowest BCUT2D eigenvalue weighted by Gasteiger charge is -2.24. The maximum Gasteiger partial charge on any atom is 0.0553 e. The molecule has 0 radical (unpaired) electrons. The van der Waals surface area contributed by atoms with E-state index in [1.807, 2.05) is 17.9 Å². The first kappa shape index (κ1) is 10.7. The van der Waals surface area contributed by atoms with Crippen LogP contribution in [0.15, 0.2) is 12.3 Å². The van der Waals surface area contributed by atoms with Gasteiger partial charge in [-0.05, 0) is 31.4 Å². The molecule has 0 aromatic carbocycles. The second kappa shape index (κ2) is 4.79. The molecule has 3 heteroatoms. The van der Waals surface area contributed by atoms with Crippen molar-refractivity contribution < 1.29 is 0 Å². The molecule has 1 saturated carbocycles. The first-order valence-electron chi connectivity index (χ1n) is 6.04. The highest BCUT2D eigenvalue weighted by Gasteiger charge is 2.27. The van der Waals surface area contributed by atoms with Crippen LogP contribution >= 0.6 is 0 Å². The average molecular weight is 207 g/mol. The first-order valence-corrected chi connectivity index (χ1v) is 6.04. The molecule has 1 unspecified atom stereocenters. The van der Waals surface area contributed by atoms with Gasteiger partial charge in [0, 0.05) is 13.2 Å². The topological polar surface area (TPSA) is 29.9 Å². The third-order valence-corrected chi connectivity index (χ3v) is 3.47. The number of aromatic nitrogens is 2. The molecular formula is C12H21N3. The van der Waals surface area contributed by atoms with Gasteiger partial charge in [0.25, 0.3) is 0 Å². The van der Waals surface area contributed by atoms with Gasteiger partial charge in [-0.1, -0.05) is 19.8 Å². The van der Waals surface area contributed by atoms with Gasteiger partial charge in [-0.2, -0.15) is 5.10 Å². The van der Waals surface area contributed by atoms with Gasteiger partial charge in [-0.15, -0.1) is 0 Å². The van der Waals surface area contributed by atoms with Gasteiger partial charge in [0.2, 0.25) is 0 Å². The number of hydrogen-bond donors (Lipinski definition) is 1. The minimum atomic E-state index is 0.505. The van der Waals surface area contributed by atoms with Crippen LogP contribution in [0.25, 0.3) is 0 Å². The van der Waals surface area contributed by atoms with Crippen LogP contribution in [0.5, 0.6) is 0 Å². The summed E-state index contributed by atoms with van der Waals surface area (Å²) in [7, 11) is 2.04. The molecule has 1 atom stereocenters. The van der Waals surface area contributed by atoms with E-state index in [0.29, 0.717) is 6.04 Å². The van der Waals surface area contributed by atoms with E-state index in [0.717, 1.165) is 12.5 Å². The molecule has 2 rings (SSSR count). The van der Waals surface area contributed by atoms with E-state index in [1.165, 1.54) is 31.4 Å². The Morgan fingerprint density at radius 1 is 1.53 bits per heavy atom. The molecule has 3 nitrogen and oxygen atoms in total. The smallest absolute Gasteiger partial charge is 0.0553 e. The highest BCUT2D eigenvalue weighted by Crippen LogP contribution is 2.35. The van der Waals surface area contributed by atoms with Gasteiger partial charge in [-0.3, -0.25) is 4.68 Å². The minimum absolute atomic E-state index is 0.505. The normalized spacial score (nSPS) is 19.6. The highest BCUT2D eigenvalue weighted by molar-refractivity contribution is 5.08. The molecule has 0 bridgehead atoms. The van der Waals surface area contributed by atoms with Crippen molar-refractivity contribution in [2.45, 2.75) is 38.6 Å². The second-order valence-corrected chi connectivity index (χ2v) is 4.46. The molecule has 1 aliphatic rings. The van der Waals surface area contributed by atoms with Crippen molar-refractivity contribution in [2.75, 3.05) is 6.54 Å². The fraction of sp³-hybridized carbons (Fsp3) is 0.750. The van der Waals surface area contributed by atoms with Gasteiger partial charge in [-0.25, -0.2) is 0 Å². The number of nitrogens with one attached hydrogen (secondary N) is 1. The molecule has 84 valence electrons.